The van der Waals surface area contributed by atoms with Gasteiger partial charge >= 0.3 is 5.97 Å². The minimum absolute atomic E-state index is 0.498. The zero-order valence-corrected chi connectivity index (χ0v) is 8.71. The maximum absolute atomic E-state index is 10.4. The summed E-state index contributed by atoms with van der Waals surface area (Å²) in [4.78, 5) is 10.4. The number of ether oxygens (including phenoxy) is 1. The van der Waals surface area contributed by atoms with Crippen molar-refractivity contribution >= 4 is 17.6 Å². The van der Waals surface area contributed by atoms with Crippen molar-refractivity contribution in [1.82, 2.24) is 0 Å². The van der Waals surface area contributed by atoms with Gasteiger partial charge in [0.25, 0.3) is 5.56 Å². The van der Waals surface area contributed by atoms with E-state index >= 15 is 0 Å². The predicted molar refractivity (Wildman–Crippen MR) is 53.8 cm³/mol. The number of carboxylic acids is 1. The number of hydrogen-bond acceptors (Lipinski definition) is 2. The first-order valence-corrected chi connectivity index (χ1v) is 4.55. The van der Waals surface area contributed by atoms with Crippen LogP contribution in [0.1, 0.15) is 11.1 Å². The van der Waals surface area contributed by atoms with E-state index in [0.29, 0.717) is 5.75 Å². The van der Waals surface area contributed by atoms with Gasteiger partial charge in [-0.15, -0.1) is 0 Å². The zero-order chi connectivity index (χ0) is 10.7. The van der Waals surface area contributed by atoms with Gasteiger partial charge in [0.15, 0.2) is 0 Å². The van der Waals surface area contributed by atoms with Gasteiger partial charge < -0.3 is 9.84 Å². The Bertz CT molecular complexity index is 349. The summed E-state index contributed by atoms with van der Waals surface area (Å²) in [5, 5.41) is 8.53. The Morgan fingerprint density at radius 2 is 2.14 bits per heavy atom. The Morgan fingerprint density at radius 3 is 2.64 bits per heavy atom. The SMILES string of the molecule is Cc1ccc(OC(Cl)C(=O)O)c(C)c1. The van der Waals surface area contributed by atoms with E-state index in [2.05, 4.69) is 0 Å². The average molecular weight is 215 g/mol. The minimum atomic E-state index is -1.34. The normalized spacial score (nSPS) is 12.2. The molecule has 76 valence electrons. The summed E-state index contributed by atoms with van der Waals surface area (Å²) >= 11 is 5.44. The molecule has 0 saturated heterocycles. The smallest absolute Gasteiger partial charge is 0.360 e. The van der Waals surface area contributed by atoms with E-state index in [0.717, 1.165) is 11.1 Å². The molecule has 0 aliphatic rings. The lowest BCUT2D eigenvalue weighted by Crippen LogP contribution is -2.20. The number of carbonyl (C=O) groups is 1. The van der Waals surface area contributed by atoms with Crippen LogP contribution in [0.15, 0.2) is 18.2 Å². The molecular weight excluding hydrogens is 204 g/mol. The van der Waals surface area contributed by atoms with Crippen LogP contribution in [0, 0.1) is 13.8 Å². The highest BCUT2D eigenvalue weighted by Gasteiger charge is 2.15. The highest BCUT2D eigenvalue weighted by Crippen LogP contribution is 2.20. The molecule has 1 aromatic carbocycles. The highest BCUT2D eigenvalue weighted by atomic mass is 35.5. The molecule has 0 spiro atoms. The van der Waals surface area contributed by atoms with Crippen LogP contribution >= 0.6 is 11.6 Å². The lowest BCUT2D eigenvalue weighted by Gasteiger charge is -2.11. The molecule has 0 heterocycles. The molecule has 0 bridgehead atoms. The molecule has 1 unspecified atom stereocenters. The maximum Gasteiger partial charge on any atom is 0.360 e. The van der Waals surface area contributed by atoms with Crippen molar-refractivity contribution in [2.75, 3.05) is 0 Å². The van der Waals surface area contributed by atoms with Crippen molar-refractivity contribution in [2.24, 2.45) is 0 Å². The van der Waals surface area contributed by atoms with E-state index in [1.165, 1.54) is 0 Å². The third kappa shape index (κ3) is 2.64. The van der Waals surface area contributed by atoms with Crippen molar-refractivity contribution in [3.63, 3.8) is 0 Å². The maximum atomic E-state index is 10.4. The van der Waals surface area contributed by atoms with E-state index < -0.39 is 11.5 Å². The summed E-state index contributed by atoms with van der Waals surface area (Å²) in [6, 6.07) is 5.46. The van der Waals surface area contributed by atoms with Gasteiger partial charge in [0, 0.05) is 0 Å². The second-order valence-electron chi connectivity index (χ2n) is 3.04. The summed E-state index contributed by atoms with van der Waals surface area (Å²) < 4.78 is 5.03. The Hall–Kier alpha value is -1.22. The number of benzene rings is 1. The molecule has 0 amide bonds. The number of carboxylic acid groups (broad SMARTS) is 1. The zero-order valence-electron chi connectivity index (χ0n) is 7.95. The topological polar surface area (TPSA) is 46.5 Å². The molecular formula is C10H11ClO3. The van der Waals surface area contributed by atoms with Crippen molar-refractivity contribution in [1.29, 1.82) is 0 Å². The number of halogens is 1. The molecule has 0 fully saturated rings. The number of aliphatic carboxylic acids is 1. The average Bonchev–Trinajstić information content (AvgIpc) is 2.09. The van der Waals surface area contributed by atoms with Crippen LogP contribution in [0.2, 0.25) is 0 Å². The number of hydrogen-bond donors (Lipinski definition) is 1. The Labute approximate surface area is 87.3 Å². The Morgan fingerprint density at radius 1 is 1.50 bits per heavy atom. The van der Waals surface area contributed by atoms with Gasteiger partial charge in [0.05, 0.1) is 0 Å². The molecule has 3 nitrogen and oxygen atoms in total. The van der Waals surface area contributed by atoms with Crippen LogP contribution in [-0.2, 0) is 4.79 Å². The molecule has 0 saturated carbocycles. The van der Waals surface area contributed by atoms with E-state index in [-0.39, 0.29) is 0 Å². The van der Waals surface area contributed by atoms with Crippen LogP contribution in [0.25, 0.3) is 0 Å². The molecule has 0 aliphatic carbocycles. The number of aryl methyl sites for hydroxylation is 2. The first-order chi connectivity index (χ1) is 6.50. The highest BCUT2D eigenvalue weighted by molar-refractivity contribution is 6.28. The van der Waals surface area contributed by atoms with Gasteiger partial charge in [-0.1, -0.05) is 29.3 Å². The largest absolute Gasteiger partial charge is 0.478 e. The molecule has 0 aliphatic heterocycles. The van der Waals surface area contributed by atoms with Crippen LogP contribution < -0.4 is 4.74 Å². The summed E-state index contributed by atoms with van der Waals surface area (Å²) in [6.45, 7) is 3.79. The lowest BCUT2D eigenvalue weighted by molar-refractivity contribution is -0.141. The minimum Gasteiger partial charge on any atom is -0.478 e. The molecule has 0 aromatic heterocycles. The molecule has 1 N–H and O–H groups in total. The van der Waals surface area contributed by atoms with Crippen molar-refractivity contribution < 1.29 is 14.6 Å². The van der Waals surface area contributed by atoms with Gasteiger partial charge in [-0.3, -0.25) is 0 Å². The van der Waals surface area contributed by atoms with Crippen molar-refractivity contribution in [2.45, 2.75) is 19.4 Å². The summed E-state index contributed by atoms with van der Waals surface area (Å²) in [6.07, 6.45) is 0. The Balaban J connectivity index is 2.82. The van der Waals surface area contributed by atoms with Crippen molar-refractivity contribution in [3.05, 3.63) is 29.3 Å². The fourth-order valence-corrected chi connectivity index (χ4v) is 1.19. The van der Waals surface area contributed by atoms with Crippen LogP contribution in [0.5, 0.6) is 5.75 Å². The number of rotatable bonds is 3. The molecule has 1 atom stereocenters. The molecule has 4 heteroatoms. The summed E-state index contributed by atoms with van der Waals surface area (Å²) in [7, 11) is 0. The summed E-state index contributed by atoms with van der Waals surface area (Å²) in [5.41, 5.74) is 0.629. The lowest BCUT2D eigenvalue weighted by atomic mass is 10.1. The van der Waals surface area contributed by atoms with Crippen LogP contribution in [0.4, 0.5) is 0 Å². The fraction of sp³-hybridized carbons (Fsp3) is 0.300. The second-order valence-corrected chi connectivity index (χ2v) is 3.44. The molecule has 1 rings (SSSR count). The number of alkyl halides is 1. The predicted octanol–water partition coefficient (Wildman–Crippen LogP) is 2.33. The van der Waals surface area contributed by atoms with Gasteiger partial charge in [-0.2, -0.15) is 0 Å². The molecule has 0 radical (unpaired) electrons. The third-order valence-electron chi connectivity index (χ3n) is 1.76. The van der Waals surface area contributed by atoms with E-state index in [9.17, 15) is 4.79 Å². The van der Waals surface area contributed by atoms with Gasteiger partial charge in [0.2, 0.25) is 0 Å². The van der Waals surface area contributed by atoms with E-state index in [1.807, 2.05) is 26.0 Å². The Kier molecular flexibility index (Phi) is 3.36. The first kappa shape index (κ1) is 10.9. The van der Waals surface area contributed by atoms with Gasteiger partial charge in [0.1, 0.15) is 5.75 Å². The van der Waals surface area contributed by atoms with Crippen LogP contribution in [-0.4, -0.2) is 16.6 Å². The third-order valence-corrected chi connectivity index (χ3v) is 2.03. The molecule has 14 heavy (non-hydrogen) atoms. The first-order valence-electron chi connectivity index (χ1n) is 4.11. The van der Waals surface area contributed by atoms with Crippen molar-refractivity contribution in [3.8, 4) is 5.75 Å². The fourth-order valence-electron chi connectivity index (χ4n) is 1.09. The second kappa shape index (κ2) is 4.33. The monoisotopic (exact) mass is 214 g/mol. The van der Waals surface area contributed by atoms with Gasteiger partial charge in [-0.25, -0.2) is 4.79 Å². The standard InChI is InChI=1S/C10H11ClO3/c1-6-3-4-8(7(2)5-6)14-9(11)10(12)13/h3-5,9H,1-2H3,(H,12,13). The van der Waals surface area contributed by atoms with Gasteiger partial charge in [-0.05, 0) is 25.5 Å². The van der Waals surface area contributed by atoms with Crippen LogP contribution in [0.3, 0.4) is 0 Å². The van der Waals surface area contributed by atoms with E-state index in [4.69, 9.17) is 21.4 Å². The summed E-state index contributed by atoms with van der Waals surface area (Å²) in [5.74, 6) is -0.690. The molecule has 1 aromatic rings. The van der Waals surface area contributed by atoms with E-state index in [1.54, 1.807) is 6.07 Å². The quantitative estimate of drug-likeness (QED) is 0.786.